The van der Waals surface area contributed by atoms with Crippen molar-refractivity contribution >= 4 is 21.5 Å². The summed E-state index contributed by atoms with van der Waals surface area (Å²) in [5.41, 5.74) is 7.95. The van der Waals surface area contributed by atoms with E-state index in [0.717, 1.165) is 45.3 Å². The van der Waals surface area contributed by atoms with Gasteiger partial charge in [-0.25, -0.2) is 9.36 Å². The molecule has 0 radical (unpaired) electrons. The van der Waals surface area contributed by atoms with E-state index in [-0.39, 0.29) is 0 Å². The average molecular weight is 539 g/mol. The maximum Gasteiger partial charge on any atom is 0.114 e. The van der Waals surface area contributed by atoms with Crippen LogP contribution < -0.4 is 0 Å². The summed E-state index contributed by atoms with van der Waals surface area (Å²) in [5, 5.41) is 15.1. The van der Waals surface area contributed by atoms with E-state index in [1.807, 2.05) is 45.8 Å². The number of hydrogen-bond acceptors (Lipinski definition) is 2. The predicted octanol–water partition coefficient (Wildman–Crippen LogP) is 9.37. The van der Waals surface area contributed by atoms with Crippen LogP contribution in [0.4, 0.5) is 0 Å². The molecule has 8 aromatic rings. The van der Waals surface area contributed by atoms with Crippen molar-refractivity contribution in [2.45, 2.75) is 0 Å². The monoisotopic (exact) mass is 538 g/mol. The topological polar surface area (TPSA) is 35.6 Å². The van der Waals surface area contributed by atoms with Crippen molar-refractivity contribution < 1.29 is 0 Å². The van der Waals surface area contributed by atoms with Gasteiger partial charge in [-0.05, 0) is 57.9 Å². The third-order valence-corrected chi connectivity index (χ3v) is 7.81. The molecule has 0 aliphatic heterocycles. The van der Waals surface area contributed by atoms with E-state index < -0.39 is 0 Å². The van der Waals surface area contributed by atoms with Gasteiger partial charge in [-0.1, -0.05) is 121 Å². The number of hydrogen-bond donors (Lipinski definition) is 0. The lowest BCUT2D eigenvalue weighted by Gasteiger charge is -2.10. The van der Waals surface area contributed by atoms with E-state index in [9.17, 15) is 0 Å². The van der Waals surface area contributed by atoms with Crippen molar-refractivity contribution in [3.63, 3.8) is 0 Å². The smallest absolute Gasteiger partial charge is 0.114 e. The van der Waals surface area contributed by atoms with Crippen LogP contribution in [0.25, 0.3) is 66.8 Å². The van der Waals surface area contributed by atoms with E-state index in [2.05, 4.69) is 121 Å². The molecule has 2 aromatic heterocycles. The van der Waals surface area contributed by atoms with Crippen molar-refractivity contribution in [2.75, 3.05) is 0 Å². The molecule has 198 valence electrons. The van der Waals surface area contributed by atoms with Crippen LogP contribution in [-0.2, 0) is 0 Å². The predicted molar refractivity (Wildman–Crippen MR) is 172 cm³/mol. The minimum Gasteiger partial charge on any atom is -0.232 e. The second-order valence-electron chi connectivity index (χ2n) is 10.4. The van der Waals surface area contributed by atoms with Gasteiger partial charge in [0.2, 0.25) is 0 Å². The second-order valence-corrected chi connectivity index (χ2v) is 10.4. The van der Waals surface area contributed by atoms with Gasteiger partial charge in [0.1, 0.15) is 11.4 Å². The molecule has 0 amide bonds. The molecule has 2 heterocycles. The lowest BCUT2D eigenvalue weighted by molar-refractivity contribution is 0.871. The van der Waals surface area contributed by atoms with Gasteiger partial charge in [-0.3, -0.25) is 0 Å². The van der Waals surface area contributed by atoms with Gasteiger partial charge in [0.05, 0.1) is 22.8 Å². The zero-order valence-electron chi connectivity index (χ0n) is 22.8. The Kier molecular flexibility index (Phi) is 5.75. The average Bonchev–Trinajstić information content (AvgIpc) is 3.71. The largest absolute Gasteiger partial charge is 0.232 e. The highest BCUT2D eigenvalue weighted by atomic mass is 15.3. The molecule has 0 unspecified atom stereocenters. The number of benzene rings is 6. The zero-order chi connectivity index (χ0) is 27.9. The summed E-state index contributed by atoms with van der Waals surface area (Å²) in [6.45, 7) is 0. The molecular weight excluding hydrogens is 512 g/mol. The van der Waals surface area contributed by atoms with Crippen molar-refractivity contribution in [3.05, 3.63) is 158 Å². The van der Waals surface area contributed by atoms with E-state index >= 15 is 0 Å². The summed E-state index contributed by atoms with van der Waals surface area (Å²) in [7, 11) is 0. The molecule has 6 aromatic carbocycles. The van der Waals surface area contributed by atoms with Crippen LogP contribution in [0.15, 0.2) is 158 Å². The third kappa shape index (κ3) is 4.09. The van der Waals surface area contributed by atoms with Gasteiger partial charge < -0.3 is 0 Å². The highest BCUT2D eigenvalue weighted by molar-refractivity contribution is 5.98. The highest BCUT2D eigenvalue weighted by Crippen LogP contribution is 2.36. The molecule has 4 nitrogen and oxygen atoms in total. The second kappa shape index (κ2) is 10.0. The van der Waals surface area contributed by atoms with E-state index in [1.165, 1.54) is 21.5 Å². The number of rotatable bonds is 5. The Morgan fingerprint density at radius 1 is 0.357 bits per heavy atom. The maximum atomic E-state index is 5.18. The maximum absolute atomic E-state index is 5.18. The molecule has 0 fully saturated rings. The summed E-state index contributed by atoms with van der Waals surface area (Å²) >= 11 is 0. The van der Waals surface area contributed by atoms with Gasteiger partial charge >= 0.3 is 0 Å². The number of fused-ring (bicyclic) bond motifs is 2. The molecule has 0 N–H and O–H groups in total. The van der Waals surface area contributed by atoms with E-state index in [0.29, 0.717) is 0 Å². The minimum atomic E-state index is 0.818. The number of para-hydroxylation sites is 2. The Balaban J connectivity index is 1.37. The molecule has 42 heavy (non-hydrogen) atoms. The van der Waals surface area contributed by atoms with Crippen LogP contribution in [0.3, 0.4) is 0 Å². The van der Waals surface area contributed by atoms with Gasteiger partial charge in [-0.2, -0.15) is 10.2 Å². The number of aromatic nitrogens is 4. The molecule has 0 atom stereocenters. The lowest BCUT2D eigenvalue weighted by atomic mass is 10.0. The summed E-state index contributed by atoms with van der Waals surface area (Å²) in [4.78, 5) is 0. The van der Waals surface area contributed by atoms with Crippen molar-refractivity contribution in [2.24, 2.45) is 0 Å². The lowest BCUT2D eigenvalue weighted by Crippen LogP contribution is -2.00. The first kappa shape index (κ1) is 24.1. The van der Waals surface area contributed by atoms with Crippen LogP contribution in [-0.4, -0.2) is 19.6 Å². The molecule has 0 saturated heterocycles. The summed E-state index contributed by atoms with van der Waals surface area (Å²) in [6, 6.07) is 54.8. The third-order valence-electron chi connectivity index (χ3n) is 7.81. The Hall–Kier alpha value is -5.74. The summed E-state index contributed by atoms with van der Waals surface area (Å²) < 4.78 is 4.08. The Labute approximate surface area is 243 Å². The van der Waals surface area contributed by atoms with Crippen LogP contribution in [0.1, 0.15) is 0 Å². The van der Waals surface area contributed by atoms with Crippen molar-refractivity contribution in [1.82, 2.24) is 19.6 Å². The van der Waals surface area contributed by atoms with E-state index in [1.54, 1.807) is 0 Å². The van der Waals surface area contributed by atoms with Crippen LogP contribution in [0.5, 0.6) is 0 Å². The Morgan fingerprint density at radius 2 is 0.738 bits per heavy atom. The first-order chi connectivity index (χ1) is 20.8. The highest BCUT2D eigenvalue weighted by Gasteiger charge is 2.20. The van der Waals surface area contributed by atoms with Crippen LogP contribution >= 0.6 is 0 Å². The molecular formula is C38H26N4. The fraction of sp³-hybridized carbons (Fsp3) is 0. The van der Waals surface area contributed by atoms with Crippen molar-refractivity contribution in [1.29, 1.82) is 0 Å². The van der Waals surface area contributed by atoms with Gasteiger partial charge in [0.25, 0.3) is 0 Å². The quantitative estimate of drug-likeness (QED) is 0.219. The SMILES string of the molecule is c1ccc(-n2nc(-c3cc(-c4cccc5ccccc45)n(-c4ccccc4)n3)cc2-c2cccc3ccccc23)cc1. The molecule has 0 spiro atoms. The summed E-state index contributed by atoms with van der Waals surface area (Å²) in [5.74, 6) is 0. The molecule has 0 aliphatic carbocycles. The molecule has 0 saturated carbocycles. The first-order valence-corrected chi connectivity index (χ1v) is 14.1. The molecule has 4 heteroatoms. The van der Waals surface area contributed by atoms with Gasteiger partial charge in [-0.15, -0.1) is 0 Å². The van der Waals surface area contributed by atoms with Crippen LogP contribution in [0.2, 0.25) is 0 Å². The van der Waals surface area contributed by atoms with Crippen molar-refractivity contribution in [3.8, 4) is 45.3 Å². The minimum absolute atomic E-state index is 0.818. The Bertz CT molecular complexity index is 2020. The molecule has 0 aliphatic rings. The fourth-order valence-corrected chi connectivity index (χ4v) is 5.83. The fourth-order valence-electron chi connectivity index (χ4n) is 5.83. The molecule has 0 bridgehead atoms. The standard InChI is InChI=1S/C38H26N4/c1-3-17-29(18-4-1)41-37(33-23-11-15-27-13-7-9-21-31(27)33)25-35(39-41)36-26-38(42(40-36)30-19-5-2-6-20-30)34-24-12-16-28-14-8-10-22-32(28)34/h1-26H. The Morgan fingerprint density at radius 3 is 1.19 bits per heavy atom. The van der Waals surface area contributed by atoms with Gasteiger partial charge in [0.15, 0.2) is 0 Å². The molecule has 8 rings (SSSR count). The zero-order valence-corrected chi connectivity index (χ0v) is 22.8. The van der Waals surface area contributed by atoms with E-state index in [4.69, 9.17) is 10.2 Å². The van der Waals surface area contributed by atoms with Gasteiger partial charge in [0, 0.05) is 11.1 Å². The normalized spacial score (nSPS) is 11.3. The van der Waals surface area contributed by atoms with Crippen LogP contribution in [0, 0.1) is 0 Å². The number of nitrogens with zero attached hydrogens (tertiary/aromatic N) is 4. The first-order valence-electron chi connectivity index (χ1n) is 14.1. The summed E-state index contributed by atoms with van der Waals surface area (Å²) in [6.07, 6.45) is 0.